The zero-order valence-electron chi connectivity index (χ0n) is 81.5. The SMILES string of the molecule is CC(C)c1noc(C2CCN(c3ncnc4c(Br)csc34)CC2)n1.CCCCI.CCCS(=O)(=O)c1ccc(-c2csc3c(N4CCC(c5nc(C(C)C)no5)CC4)ncnc23)cc1.CCCS(=O)(=O)c1ccc(B2OC(C)(C)C(C)(C)O2)cc1.CCCS(=O)(=O)c1ccc(B2OC(C)(C)C(C)(C)O2)cc1.CCCS(=O)(=O)c1ccc(I)cc1.O=S(=O)(Cl)c1ccc(I)cc1.O=S(O)c1ccc(I)cc1. The number of unbranched alkanes of at least 4 members (excludes halogenated alkanes) is 1. The minimum atomic E-state index is -3.55. The van der Waals surface area contributed by atoms with Crippen LogP contribution in [0, 0.1) is 10.7 Å². The maximum absolute atomic E-state index is 12.4. The third kappa shape index (κ3) is 32.9. The average Bonchev–Trinajstić information content (AvgIpc) is 1.51. The van der Waals surface area contributed by atoms with Gasteiger partial charge in [0.25, 0.3) is 9.05 Å². The molecule has 10 heterocycles. The Labute approximate surface area is 904 Å². The summed E-state index contributed by atoms with van der Waals surface area (Å²) < 4.78 is 179. The molecule has 0 bridgehead atoms. The Bertz CT molecular complexity index is 6500. The van der Waals surface area contributed by atoms with E-state index in [4.69, 9.17) is 42.9 Å². The van der Waals surface area contributed by atoms with Crippen LogP contribution in [0.1, 0.15) is 229 Å². The minimum absolute atomic E-state index is 0.139. The van der Waals surface area contributed by atoms with E-state index in [0.717, 1.165) is 145 Å². The van der Waals surface area contributed by atoms with Gasteiger partial charge in [0.1, 0.15) is 29.8 Å². The van der Waals surface area contributed by atoms with E-state index < -0.39 is 96.1 Å². The fraction of sp³-hybridized carbons (Fsp3) is 0.458. The number of fused-ring (bicyclic) bond motifs is 2. The molecule has 6 aromatic heterocycles. The topological polar surface area (TPSA) is 381 Å². The van der Waals surface area contributed by atoms with Crippen molar-refractivity contribution in [2.75, 3.05) is 63.4 Å². The number of alkyl halides is 1. The Hall–Kier alpha value is -5.20. The molecule has 4 aliphatic rings. The van der Waals surface area contributed by atoms with E-state index in [1.807, 2.05) is 107 Å². The number of hydrogen-bond acceptors (Lipinski definition) is 29. The van der Waals surface area contributed by atoms with Crippen molar-refractivity contribution >= 4 is 256 Å². The molecule has 12 aromatic rings. The van der Waals surface area contributed by atoms with Gasteiger partial charge in [0, 0.05) is 87.6 Å². The lowest BCUT2D eigenvalue weighted by molar-refractivity contribution is 0.00578. The molecule has 140 heavy (non-hydrogen) atoms. The van der Waals surface area contributed by atoms with E-state index in [-0.39, 0.29) is 39.7 Å². The number of aromatic nitrogens is 8. The number of thiophene rings is 2. The van der Waals surface area contributed by atoms with Gasteiger partial charge < -0.3 is 42.0 Å². The summed E-state index contributed by atoms with van der Waals surface area (Å²) in [5, 5.41) is 12.4. The van der Waals surface area contributed by atoms with Gasteiger partial charge in [0.2, 0.25) is 11.8 Å². The lowest BCUT2D eigenvalue weighted by Crippen LogP contribution is -2.41. The molecule has 0 spiro atoms. The number of nitrogens with zero attached hydrogens (tertiary/aromatic N) is 10. The summed E-state index contributed by atoms with van der Waals surface area (Å²) in [6, 6.07) is 40.9. The largest absolute Gasteiger partial charge is 0.494 e. The molecule has 6 aromatic carbocycles. The van der Waals surface area contributed by atoms with Crippen LogP contribution in [0.25, 0.3) is 31.6 Å². The Morgan fingerprint density at radius 2 is 0.779 bits per heavy atom. The first kappa shape index (κ1) is 118. The molecule has 760 valence electrons. The van der Waals surface area contributed by atoms with E-state index in [1.165, 1.54) is 29.4 Å². The molecule has 0 amide bonds. The zero-order valence-corrected chi connectivity index (χ0v) is 99.0. The molecule has 4 fully saturated rings. The molecule has 4 aliphatic heterocycles. The number of rotatable bonds is 25. The highest BCUT2D eigenvalue weighted by atomic mass is 127. The van der Waals surface area contributed by atoms with E-state index in [2.05, 4.69) is 202 Å². The second kappa shape index (κ2) is 53.1. The molecule has 0 saturated carbocycles. The summed E-state index contributed by atoms with van der Waals surface area (Å²) >= 11 is 13.8. The van der Waals surface area contributed by atoms with Gasteiger partial charge >= 0.3 is 14.2 Å². The number of piperidine rings is 2. The number of hydrogen-bond donors (Lipinski definition) is 1. The lowest BCUT2D eigenvalue weighted by Gasteiger charge is -2.32. The summed E-state index contributed by atoms with van der Waals surface area (Å²) in [6.45, 7) is 37.5. The molecule has 1 unspecified atom stereocenters. The van der Waals surface area contributed by atoms with Gasteiger partial charge in [-0.05, 0) is 327 Å². The van der Waals surface area contributed by atoms with Crippen molar-refractivity contribution in [1.82, 2.24) is 40.2 Å². The van der Waals surface area contributed by atoms with E-state index in [1.54, 1.807) is 145 Å². The Balaban J connectivity index is 0.000000188. The highest BCUT2D eigenvalue weighted by molar-refractivity contribution is 14.1. The maximum Gasteiger partial charge on any atom is 0.494 e. The standard InChI is InChI=1S/C25H29N5O3S2.C16H18BrN5OS.2C15H23BO4S.C9H11IO2S.C6H4ClIO2S.C6H5IO2S.C4H9I/c1-4-13-35(31,32)19-7-5-17(6-8-19)20-14-34-22-21(20)26-15-27-24(22)30-11-9-18(10-12-30)25-28-23(16(2)3)29-33-25;1-9(2)14-20-16(23-21-14)10-3-5-22(6-4-10)15-13-12(18-8-19-15)11(17)7-24-13;2*1-6-11-21(17,18)13-9-7-12(8-10-13)16-19-14(2,3)15(4,5)20-16;1-2-7-13(11,12)9-5-3-8(10)4-6-9;7-11(9,10)6-3-1-5(8)2-4-6;7-5-1-3-6(4-2-5)10(8)9;1-2-3-4-5/h5-8,14-16,18H,4,9-13H2,1-3H3;7-10H,3-6H2,1-2H3;2*7-10H,6,11H2,1-5H3;3-6H,2,7H2,1H3;1-4H;1-4H,(H,8,9);2-4H2,1H3. The predicted octanol–water partition coefficient (Wildman–Crippen LogP) is 22.9. The average molecular weight is 2610 g/mol. The lowest BCUT2D eigenvalue weighted by atomic mass is 9.79. The van der Waals surface area contributed by atoms with Crippen molar-refractivity contribution in [2.24, 2.45) is 0 Å². The zero-order chi connectivity index (χ0) is 103. The molecule has 1 atom stereocenters. The minimum Gasteiger partial charge on any atom is -0.399 e. The maximum atomic E-state index is 12.4. The summed E-state index contributed by atoms with van der Waals surface area (Å²) in [6.07, 6.45) is 12.3. The van der Waals surface area contributed by atoms with Crippen LogP contribution in [-0.4, -0.2) is 181 Å². The van der Waals surface area contributed by atoms with Crippen molar-refractivity contribution < 1.29 is 78.5 Å². The monoisotopic (exact) mass is 2600 g/mol. The molecule has 1 N–H and O–H groups in total. The van der Waals surface area contributed by atoms with Gasteiger partial charge in [0.15, 0.2) is 62.1 Å². The van der Waals surface area contributed by atoms with E-state index in [0.29, 0.717) is 62.0 Å². The molecule has 0 aliphatic carbocycles. The predicted molar refractivity (Wildman–Crippen MR) is 600 cm³/mol. The highest BCUT2D eigenvalue weighted by Crippen LogP contribution is 2.43. The first-order valence-corrected chi connectivity index (χ1v) is 63.3. The van der Waals surface area contributed by atoms with E-state index in [9.17, 15) is 46.3 Å². The first-order chi connectivity index (χ1) is 65.9. The summed E-state index contributed by atoms with van der Waals surface area (Å²) in [5.74, 6) is 6.96. The van der Waals surface area contributed by atoms with Crippen LogP contribution in [-0.2, 0) is 78.1 Å². The molecule has 4 saturated heterocycles. The molecule has 44 heteroatoms. The third-order valence-electron chi connectivity index (χ3n) is 23.6. The van der Waals surface area contributed by atoms with Crippen LogP contribution in [0.4, 0.5) is 11.6 Å². The van der Waals surface area contributed by atoms with Crippen LogP contribution < -0.4 is 20.7 Å². The van der Waals surface area contributed by atoms with Gasteiger partial charge in [-0.1, -0.05) is 138 Å². The van der Waals surface area contributed by atoms with Crippen LogP contribution >= 0.6 is 140 Å². The highest BCUT2D eigenvalue weighted by Gasteiger charge is 2.53. The van der Waals surface area contributed by atoms with Crippen LogP contribution in [0.2, 0.25) is 0 Å². The summed E-state index contributed by atoms with van der Waals surface area (Å²) in [4.78, 5) is 34.0. The van der Waals surface area contributed by atoms with Crippen LogP contribution in [0.3, 0.4) is 0 Å². The van der Waals surface area contributed by atoms with E-state index >= 15 is 0 Å². The van der Waals surface area contributed by atoms with Crippen molar-refractivity contribution in [3.63, 3.8) is 0 Å². The fourth-order valence-corrected chi connectivity index (χ4v) is 25.1. The van der Waals surface area contributed by atoms with Crippen LogP contribution in [0.15, 0.2) is 212 Å². The molecular weight excluding hydrogens is 2480 g/mol. The second-order valence-corrected chi connectivity index (χ2v) is 55.4. The summed E-state index contributed by atoms with van der Waals surface area (Å²) in [7, 11) is -12.0. The fourth-order valence-electron chi connectivity index (χ4n) is 14.2. The smallest absolute Gasteiger partial charge is 0.399 e. The Kier molecular flexibility index (Phi) is 44.9. The number of sulfone groups is 4. The van der Waals surface area contributed by atoms with Gasteiger partial charge in [-0.15, -0.1) is 22.7 Å². The first-order valence-electron chi connectivity index (χ1n) is 45.9. The van der Waals surface area contributed by atoms with Crippen LogP contribution in [0.5, 0.6) is 0 Å². The summed E-state index contributed by atoms with van der Waals surface area (Å²) in [5.41, 5.74) is 3.91. The molecule has 28 nitrogen and oxygen atoms in total. The van der Waals surface area contributed by atoms with Crippen molar-refractivity contribution in [2.45, 2.75) is 257 Å². The van der Waals surface area contributed by atoms with Gasteiger partial charge in [-0.2, -0.15) is 9.97 Å². The van der Waals surface area contributed by atoms with Gasteiger partial charge in [-0.25, -0.2) is 66.2 Å². The molecular formula is C96H122B2BrClI4N10O18S8. The third-order valence-corrected chi connectivity index (χ3v) is 39.1. The van der Waals surface area contributed by atoms with Gasteiger partial charge in [0.05, 0.1) is 94.2 Å². The molecule has 0 radical (unpaired) electrons. The molecule has 16 rings (SSSR count). The van der Waals surface area contributed by atoms with Crippen molar-refractivity contribution in [1.29, 1.82) is 0 Å². The second-order valence-electron chi connectivity index (χ2n) is 36.0. The normalized spacial score (nSPS) is 16.1. The number of halogens is 6. The van der Waals surface area contributed by atoms with Crippen molar-refractivity contribution in [3.05, 3.63) is 208 Å². The van der Waals surface area contributed by atoms with Gasteiger partial charge in [-0.3, -0.25) is 0 Å². The number of benzene rings is 6. The Morgan fingerprint density at radius 1 is 0.464 bits per heavy atom. The quantitative estimate of drug-likeness (QED) is 0.0182. The Morgan fingerprint density at radius 3 is 1.09 bits per heavy atom. The number of anilines is 2. The van der Waals surface area contributed by atoms with Crippen molar-refractivity contribution in [3.8, 4) is 11.1 Å².